The minimum atomic E-state index is -0.502. The second kappa shape index (κ2) is 6.49. The summed E-state index contributed by atoms with van der Waals surface area (Å²) in [6, 6.07) is 14.9. The standard InChI is InChI=1S/C19H17ClN2O2/c1-3-13-8-4-5-10-15(13)22-18(23)16(20)17(19(22)24)21-14-9-6-7-12(2)11-14/h4-11,21H,3H2,1-2H3. The van der Waals surface area contributed by atoms with Crippen LogP contribution in [0.5, 0.6) is 0 Å². The van der Waals surface area contributed by atoms with Crippen molar-refractivity contribution in [3.05, 3.63) is 70.4 Å². The highest BCUT2D eigenvalue weighted by atomic mass is 35.5. The molecular formula is C19H17ClN2O2. The van der Waals surface area contributed by atoms with Crippen molar-refractivity contribution in [1.82, 2.24) is 0 Å². The number of hydrogen-bond acceptors (Lipinski definition) is 3. The van der Waals surface area contributed by atoms with E-state index in [-0.39, 0.29) is 10.7 Å². The molecule has 2 aromatic rings. The number of para-hydroxylation sites is 1. The molecule has 5 heteroatoms. The zero-order valence-electron chi connectivity index (χ0n) is 13.5. The lowest BCUT2D eigenvalue weighted by Gasteiger charge is -2.18. The van der Waals surface area contributed by atoms with Gasteiger partial charge in [0, 0.05) is 5.69 Å². The van der Waals surface area contributed by atoms with Gasteiger partial charge < -0.3 is 5.32 Å². The zero-order chi connectivity index (χ0) is 17.3. The van der Waals surface area contributed by atoms with Crippen LogP contribution in [-0.4, -0.2) is 11.8 Å². The summed E-state index contributed by atoms with van der Waals surface area (Å²) >= 11 is 6.16. The van der Waals surface area contributed by atoms with Crippen LogP contribution in [0.25, 0.3) is 0 Å². The van der Waals surface area contributed by atoms with Gasteiger partial charge in [0.05, 0.1) is 5.69 Å². The molecule has 0 spiro atoms. The van der Waals surface area contributed by atoms with Crippen molar-refractivity contribution < 1.29 is 9.59 Å². The fourth-order valence-electron chi connectivity index (χ4n) is 2.73. The van der Waals surface area contributed by atoms with Gasteiger partial charge in [0.2, 0.25) is 0 Å². The maximum atomic E-state index is 12.8. The minimum Gasteiger partial charge on any atom is -0.350 e. The van der Waals surface area contributed by atoms with Gasteiger partial charge in [-0.05, 0) is 42.7 Å². The number of nitrogens with zero attached hydrogens (tertiary/aromatic N) is 1. The summed E-state index contributed by atoms with van der Waals surface area (Å²) in [6.07, 6.45) is 0.714. The number of carbonyl (C=O) groups excluding carboxylic acids is 2. The third-order valence-electron chi connectivity index (χ3n) is 3.93. The van der Waals surface area contributed by atoms with Gasteiger partial charge >= 0.3 is 0 Å². The summed E-state index contributed by atoms with van der Waals surface area (Å²) in [5.74, 6) is -0.940. The molecule has 1 aliphatic rings. The highest BCUT2D eigenvalue weighted by molar-refractivity contribution is 6.53. The Kier molecular flexibility index (Phi) is 4.40. The van der Waals surface area contributed by atoms with Crippen LogP contribution in [0, 0.1) is 6.92 Å². The van der Waals surface area contributed by atoms with Gasteiger partial charge in [-0.1, -0.05) is 48.9 Å². The van der Waals surface area contributed by atoms with E-state index in [2.05, 4.69) is 5.32 Å². The van der Waals surface area contributed by atoms with E-state index in [0.717, 1.165) is 21.7 Å². The van der Waals surface area contributed by atoms with Crippen LogP contribution in [0.4, 0.5) is 11.4 Å². The number of amides is 2. The molecular weight excluding hydrogens is 324 g/mol. The van der Waals surface area contributed by atoms with E-state index in [1.54, 1.807) is 12.1 Å². The lowest BCUT2D eigenvalue weighted by Crippen LogP contribution is -2.33. The van der Waals surface area contributed by atoms with Gasteiger partial charge in [-0.3, -0.25) is 9.59 Å². The number of anilines is 2. The Morgan fingerprint density at radius 3 is 2.50 bits per heavy atom. The average Bonchev–Trinajstić information content (AvgIpc) is 2.78. The molecule has 1 heterocycles. The molecule has 0 unspecified atom stereocenters. The summed E-state index contributed by atoms with van der Waals surface area (Å²) in [6.45, 7) is 3.93. The highest BCUT2D eigenvalue weighted by Crippen LogP contribution is 2.32. The maximum Gasteiger partial charge on any atom is 0.283 e. The van der Waals surface area contributed by atoms with E-state index >= 15 is 0 Å². The zero-order valence-corrected chi connectivity index (χ0v) is 14.2. The van der Waals surface area contributed by atoms with Gasteiger partial charge in [0.1, 0.15) is 10.7 Å². The summed E-state index contributed by atoms with van der Waals surface area (Å²) < 4.78 is 0. The van der Waals surface area contributed by atoms with Crippen LogP contribution >= 0.6 is 11.6 Å². The first-order valence-electron chi connectivity index (χ1n) is 7.73. The Bertz CT molecular complexity index is 858. The van der Waals surface area contributed by atoms with E-state index in [1.165, 1.54) is 0 Å². The second-order valence-corrected chi connectivity index (χ2v) is 5.99. The van der Waals surface area contributed by atoms with E-state index in [0.29, 0.717) is 12.1 Å². The van der Waals surface area contributed by atoms with Gasteiger partial charge in [-0.2, -0.15) is 0 Å². The molecule has 0 saturated carbocycles. The number of imide groups is 1. The summed E-state index contributed by atoms with van der Waals surface area (Å²) in [7, 11) is 0. The molecule has 0 bridgehead atoms. The predicted octanol–water partition coefficient (Wildman–Crippen LogP) is 3.99. The fourth-order valence-corrected chi connectivity index (χ4v) is 2.94. The molecule has 0 atom stereocenters. The number of hydrogen-bond donors (Lipinski definition) is 1. The van der Waals surface area contributed by atoms with Crippen LogP contribution in [-0.2, 0) is 16.0 Å². The fraction of sp³-hybridized carbons (Fsp3) is 0.158. The maximum absolute atomic E-state index is 12.8. The van der Waals surface area contributed by atoms with Crippen molar-refractivity contribution in [2.75, 3.05) is 10.2 Å². The van der Waals surface area contributed by atoms with Crippen LogP contribution in [0.2, 0.25) is 0 Å². The Morgan fingerprint density at radius 1 is 1.04 bits per heavy atom. The first-order chi connectivity index (χ1) is 11.5. The Morgan fingerprint density at radius 2 is 1.79 bits per heavy atom. The van der Waals surface area contributed by atoms with Gasteiger partial charge in [0.15, 0.2) is 0 Å². The van der Waals surface area contributed by atoms with Crippen molar-refractivity contribution in [3.63, 3.8) is 0 Å². The summed E-state index contributed by atoms with van der Waals surface area (Å²) in [5, 5.41) is 2.89. The third-order valence-corrected chi connectivity index (χ3v) is 4.28. The minimum absolute atomic E-state index is 0.0904. The Hall–Kier alpha value is -2.59. The first-order valence-corrected chi connectivity index (χ1v) is 8.11. The van der Waals surface area contributed by atoms with Crippen LogP contribution < -0.4 is 10.2 Å². The number of halogens is 1. The van der Waals surface area contributed by atoms with Crippen molar-refractivity contribution >= 4 is 34.8 Å². The molecule has 2 amide bonds. The van der Waals surface area contributed by atoms with Crippen LogP contribution in [0.3, 0.4) is 0 Å². The van der Waals surface area contributed by atoms with Crippen molar-refractivity contribution in [1.29, 1.82) is 0 Å². The molecule has 1 N–H and O–H groups in total. The molecule has 0 radical (unpaired) electrons. The lowest BCUT2D eigenvalue weighted by molar-refractivity contribution is -0.120. The number of aryl methyl sites for hydroxylation is 2. The molecule has 1 aliphatic heterocycles. The number of nitrogens with one attached hydrogen (secondary N) is 1. The van der Waals surface area contributed by atoms with Gasteiger partial charge in [0.25, 0.3) is 11.8 Å². The number of benzene rings is 2. The van der Waals surface area contributed by atoms with Crippen LogP contribution in [0.1, 0.15) is 18.1 Å². The van der Waals surface area contributed by atoms with Gasteiger partial charge in [-0.15, -0.1) is 0 Å². The molecule has 122 valence electrons. The summed E-state index contributed by atoms with van der Waals surface area (Å²) in [5.41, 5.74) is 3.37. The SMILES string of the molecule is CCc1ccccc1N1C(=O)C(Cl)=C(Nc2cccc(C)c2)C1=O. The molecule has 4 nitrogen and oxygen atoms in total. The van der Waals surface area contributed by atoms with E-state index in [4.69, 9.17) is 11.6 Å². The lowest BCUT2D eigenvalue weighted by atomic mass is 10.1. The van der Waals surface area contributed by atoms with Crippen LogP contribution in [0.15, 0.2) is 59.3 Å². The smallest absolute Gasteiger partial charge is 0.283 e. The Labute approximate surface area is 145 Å². The predicted molar refractivity (Wildman–Crippen MR) is 96.0 cm³/mol. The molecule has 0 fully saturated rings. The topological polar surface area (TPSA) is 49.4 Å². The van der Waals surface area contributed by atoms with Crippen molar-refractivity contribution in [3.8, 4) is 0 Å². The van der Waals surface area contributed by atoms with E-state index in [1.807, 2.05) is 50.2 Å². The molecule has 0 aliphatic carbocycles. The second-order valence-electron chi connectivity index (χ2n) is 5.61. The number of carbonyl (C=O) groups is 2. The van der Waals surface area contributed by atoms with E-state index < -0.39 is 11.8 Å². The largest absolute Gasteiger partial charge is 0.350 e. The monoisotopic (exact) mass is 340 g/mol. The average molecular weight is 341 g/mol. The van der Waals surface area contributed by atoms with Crippen molar-refractivity contribution in [2.45, 2.75) is 20.3 Å². The molecule has 2 aromatic carbocycles. The normalized spacial score (nSPS) is 14.5. The highest BCUT2D eigenvalue weighted by Gasteiger charge is 2.39. The van der Waals surface area contributed by atoms with E-state index in [9.17, 15) is 9.59 Å². The third kappa shape index (κ3) is 2.81. The molecule has 0 saturated heterocycles. The number of rotatable bonds is 4. The first kappa shape index (κ1) is 16.3. The Balaban J connectivity index is 1.96. The molecule has 24 heavy (non-hydrogen) atoms. The summed E-state index contributed by atoms with van der Waals surface area (Å²) in [4.78, 5) is 26.4. The molecule has 0 aromatic heterocycles. The van der Waals surface area contributed by atoms with Crippen molar-refractivity contribution in [2.24, 2.45) is 0 Å². The van der Waals surface area contributed by atoms with Gasteiger partial charge in [-0.25, -0.2) is 4.90 Å². The molecule has 3 rings (SSSR count). The quantitative estimate of drug-likeness (QED) is 0.856.